The van der Waals surface area contributed by atoms with E-state index in [9.17, 15) is 9.32 Å². The number of pyridine rings is 1. The molecule has 0 aromatic carbocycles. The Morgan fingerprint density at radius 2 is 2.36 bits per heavy atom. The van der Waals surface area contributed by atoms with Crippen molar-refractivity contribution in [1.29, 1.82) is 0 Å². The standard InChI is InChI=1S/C7H5NO2S/c9-6-4-11(10)7-3-8-2-1-5(6)7/h1-4,9H. The molecule has 0 saturated heterocycles. The summed E-state index contributed by atoms with van der Waals surface area (Å²) >= 11 is 0. The lowest BCUT2D eigenvalue weighted by atomic mass is 10.2. The molecule has 1 unspecified atom stereocenters. The predicted octanol–water partition coefficient (Wildman–Crippen LogP) is 1.06. The highest BCUT2D eigenvalue weighted by Crippen LogP contribution is 2.27. The molecular weight excluding hydrogens is 162 g/mol. The molecule has 1 aromatic rings. The minimum atomic E-state index is -1.20. The van der Waals surface area contributed by atoms with Gasteiger partial charge in [0.2, 0.25) is 0 Å². The fraction of sp³-hybridized carbons (Fsp3) is 0. The second-order valence-electron chi connectivity index (χ2n) is 2.17. The maximum Gasteiger partial charge on any atom is 0.133 e. The van der Waals surface area contributed by atoms with E-state index in [0.717, 1.165) is 0 Å². The van der Waals surface area contributed by atoms with Gasteiger partial charge in [-0.3, -0.25) is 4.98 Å². The van der Waals surface area contributed by atoms with E-state index in [1.165, 1.54) is 11.6 Å². The van der Waals surface area contributed by atoms with Crippen molar-refractivity contribution in [2.45, 2.75) is 4.90 Å². The van der Waals surface area contributed by atoms with Gasteiger partial charge in [-0.2, -0.15) is 0 Å². The van der Waals surface area contributed by atoms with Gasteiger partial charge in [-0.05, 0) is 6.07 Å². The highest BCUT2D eigenvalue weighted by atomic mass is 32.2. The molecular formula is C7H5NO2S. The van der Waals surface area contributed by atoms with Crippen LogP contribution in [0.2, 0.25) is 0 Å². The van der Waals surface area contributed by atoms with Crippen molar-refractivity contribution < 1.29 is 9.32 Å². The topological polar surface area (TPSA) is 50.2 Å². The quantitative estimate of drug-likeness (QED) is 0.628. The van der Waals surface area contributed by atoms with Crippen molar-refractivity contribution in [2.75, 3.05) is 0 Å². The minimum Gasteiger partial charge on any atom is -0.507 e. The summed E-state index contributed by atoms with van der Waals surface area (Å²) in [5.41, 5.74) is 0.623. The summed E-state index contributed by atoms with van der Waals surface area (Å²) in [6.07, 6.45) is 3.07. The number of aliphatic hydroxyl groups is 1. The number of aromatic nitrogens is 1. The predicted molar refractivity (Wildman–Crippen MR) is 41.3 cm³/mol. The van der Waals surface area contributed by atoms with Gasteiger partial charge in [0, 0.05) is 18.0 Å². The monoisotopic (exact) mass is 167 g/mol. The fourth-order valence-electron chi connectivity index (χ4n) is 0.980. The molecule has 0 radical (unpaired) electrons. The second kappa shape index (κ2) is 2.17. The average Bonchev–Trinajstić information content (AvgIpc) is 2.30. The van der Waals surface area contributed by atoms with E-state index < -0.39 is 10.8 Å². The highest BCUT2D eigenvalue weighted by molar-refractivity contribution is 7.88. The molecule has 1 atom stereocenters. The Kier molecular flexibility index (Phi) is 1.29. The van der Waals surface area contributed by atoms with Crippen LogP contribution in [0.5, 0.6) is 0 Å². The average molecular weight is 167 g/mol. The molecule has 1 aliphatic rings. The molecule has 4 heteroatoms. The summed E-state index contributed by atoms with van der Waals surface area (Å²) in [5.74, 6) is 0.0840. The molecule has 11 heavy (non-hydrogen) atoms. The fourth-order valence-corrected chi connectivity index (χ4v) is 1.99. The third-order valence-corrected chi connectivity index (χ3v) is 2.69. The summed E-state index contributed by atoms with van der Waals surface area (Å²) in [4.78, 5) is 4.39. The van der Waals surface area contributed by atoms with E-state index in [1.807, 2.05) is 0 Å². The van der Waals surface area contributed by atoms with Crippen LogP contribution in [-0.2, 0) is 10.8 Å². The number of hydrogen-bond donors (Lipinski definition) is 1. The molecule has 2 rings (SSSR count). The summed E-state index contributed by atoms with van der Waals surface area (Å²) in [6.45, 7) is 0. The zero-order valence-electron chi connectivity index (χ0n) is 5.52. The van der Waals surface area contributed by atoms with Crippen molar-refractivity contribution >= 4 is 16.6 Å². The van der Waals surface area contributed by atoms with Crippen molar-refractivity contribution in [3.8, 4) is 0 Å². The van der Waals surface area contributed by atoms with Crippen molar-refractivity contribution in [2.24, 2.45) is 0 Å². The van der Waals surface area contributed by atoms with E-state index in [0.29, 0.717) is 10.5 Å². The smallest absolute Gasteiger partial charge is 0.133 e. The molecule has 0 spiro atoms. The number of rotatable bonds is 0. The van der Waals surface area contributed by atoms with E-state index >= 15 is 0 Å². The molecule has 3 nitrogen and oxygen atoms in total. The Hall–Kier alpha value is -1.16. The summed E-state index contributed by atoms with van der Waals surface area (Å²) in [5, 5.41) is 10.5. The zero-order chi connectivity index (χ0) is 7.84. The SMILES string of the molecule is O=S1C=C(O)c2ccncc21. The molecule has 0 bridgehead atoms. The Labute approximate surface area is 65.9 Å². The molecule has 56 valence electrons. The molecule has 0 saturated carbocycles. The highest BCUT2D eigenvalue weighted by Gasteiger charge is 2.18. The van der Waals surface area contributed by atoms with Crippen LogP contribution in [0.4, 0.5) is 0 Å². The first kappa shape index (κ1) is 6.54. The van der Waals surface area contributed by atoms with Crippen molar-refractivity contribution in [3.05, 3.63) is 29.4 Å². The third-order valence-electron chi connectivity index (χ3n) is 1.50. The Balaban J connectivity index is 2.71. The molecule has 2 heterocycles. The first-order valence-electron chi connectivity index (χ1n) is 3.05. The van der Waals surface area contributed by atoms with Gasteiger partial charge in [0.05, 0.1) is 21.1 Å². The van der Waals surface area contributed by atoms with Gasteiger partial charge in [0.15, 0.2) is 0 Å². The van der Waals surface area contributed by atoms with Gasteiger partial charge in [0.1, 0.15) is 5.76 Å². The third kappa shape index (κ3) is 0.867. The minimum absolute atomic E-state index is 0.0840. The lowest BCUT2D eigenvalue weighted by molar-refractivity contribution is 0.512. The van der Waals surface area contributed by atoms with Crippen molar-refractivity contribution in [3.63, 3.8) is 0 Å². The molecule has 1 aliphatic heterocycles. The number of fused-ring (bicyclic) bond motifs is 1. The lowest BCUT2D eigenvalue weighted by Gasteiger charge is -1.94. The van der Waals surface area contributed by atoms with Crippen LogP contribution < -0.4 is 0 Å². The summed E-state index contributed by atoms with van der Waals surface area (Å²) < 4.78 is 11.1. The van der Waals surface area contributed by atoms with Crippen LogP contribution in [0, 0.1) is 0 Å². The van der Waals surface area contributed by atoms with Crippen LogP contribution in [0.15, 0.2) is 28.8 Å². The van der Waals surface area contributed by atoms with Crippen LogP contribution in [0.3, 0.4) is 0 Å². The van der Waals surface area contributed by atoms with E-state index in [2.05, 4.69) is 4.98 Å². The molecule has 0 fully saturated rings. The van der Waals surface area contributed by atoms with E-state index in [4.69, 9.17) is 0 Å². The summed E-state index contributed by atoms with van der Waals surface area (Å²) in [6, 6.07) is 1.64. The number of nitrogens with zero attached hydrogens (tertiary/aromatic N) is 1. The van der Waals surface area contributed by atoms with E-state index in [1.54, 1.807) is 12.3 Å². The van der Waals surface area contributed by atoms with Gasteiger partial charge in [-0.25, -0.2) is 4.21 Å². The Bertz CT molecular complexity index is 359. The van der Waals surface area contributed by atoms with Crippen molar-refractivity contribution in [1.82, 2.24) is 4.98 Å². The molecule has 1 aromatic heterocycles. The van der Waals surface area contributed by atoms with E-state index in [-0.39, 0.29) is 5.76 Å². The van der Waals surface area contributed by atoms with Crippen LogP contribution >= 0.6 is 0 Å². The number of aliphatic hydroxyl groups excluding tert-OH is 1. The van der Waals surface area contributed by atoms with Gasteiger partial charge >= 0.3 is 0 Å². The zero-order valence-corrected chi connectivity index (χ0v) is 6.34. The van der Waals surface area contributed by atoms with Crippen LogP contribution in [-0.4, -0.2) is 14.3 Å². The lowest BCUT2D eigenvalue weighted by Crippen LogP contribution is -1.85. The van der Waals surface area contributed by atoms with Crippen LogP contribution in [0.1, 0.15) is 5.56 Å². The molecule has 0 aliphatic carbocycles. The second-order valence-corrected chi connectivity index (χ2v) is 3.44. The first-order valence-corrected chi connectivity index (χ1v) is 4.26. The maximum atomic E-state index is 11.1. The van der Waals surface area contributed by atoms with Crippen LogP contribution in [0.25, 0.3) is 5.76 Å². The largest absolute Gasteiger partial charge is 0.507 e. The summed E-state index contributed by atoms with van der Waals surface area (Å²) in [7, 11) is -1.20. The van der Waals surface area contributed by atoms with Gasteiger partial charge < -0.3 is 5.11 Å². The maximum absolute atomic E-state index is 11.1. The Morgan fingerprint density at radius 1 is 1.55 bits per heavy atom. The normalized spacial score (nSPS) is 21.1. The van der Waals surface area contributed by atoms with Gasteiger partial charge in [-0.15, -0.1) is 0 Å². The first-order chi connectivity index (χ1) is 5.29. The molecule has 1 N–H and O–H groups in total. The number of hydrogen-bond acceptors (Lipinski definition) is 3. The van der Waals surface area contributed by atoms with Gasteiger partial charge in [0.25, 0.3) is 0 Å². The molecule has 0 amide bonds. The Morgan fingerprint density at radius 3 is 3.09 bits per heavy atom. The van der Waals surface area contributed by atoms with Gasteiger partial charge in [-0.1, -0.05) is 0 Å².